The number of ether oxygens (including phenoxy) is 1. The van der Waals surface area contributed by atoms with Crippen LogP contribution in [0.4, 0.5) is 0 Å². The quantitative estimate of drug-likeness (QED) is 0.713. The highest BCUT2D eigenvalue weighted by Gasteiger charge is 2.05. The van der Waals surface area contributed by atoms with Crippen LogP contribution < -0.4 is 4.74 Å². The monoisotopic (exact) mass is 227 g/mol. The standard InChI is InChI=1S/C12H18ClNO/c1-4-5-9(2)8-15-11-6-12(13)14-7-10(11)3/h6-7,9H,4-5,8H2,1-3H3. The highest BCUT2D eigenvalue weighted by atomic mass is 35.5. The number of pyridine rings is 1. The maximum absolute atomic E-state index is 5.80. The molecule has 0 amide bonds. The molecule has 1 rings (SSSR count). The molecule has 1 heterocycles. The zero-order valence-electron chi connectivity index (χ0n) is 9.59. The van der Waals surface area contributed by atoms with Crippen molar-refractivity contribution in [3.63, 3.8) is 0 Å². The second kappa shape index (κ2) is 5.96. The lowest BCUT2D eigenvalue weighted by Crippen LogP contribution is -2.08. The van der Waals surface area contributed by atoms with Crippen molar-refractivity contribution >= 4 is 11.6 Å². The van der Waals surface area contributed by atoms with Crippen LogP contribution >= 0.6 is 11.6 Å². The minimum Gasteiger partial charge on any atom is -0.493 e. The fourth-order valence-corrected chi connectivity index (χ4v) is 1.59. The van der Waals surface area contributed by atoms with Crippen molar-refractivity contribution in [2.45, 2.75) is 33.6 Å². The van der Waals surface area contributed by atoms with Gasteiger partial charge in [0.1, 0.15) is 10.9 Å². The molecular formula is C12H18ClNO. The molecule has 0 bridgehead atoms. The minimum atomic E-state index is 0.485. The normalized spacial score (nSPS) is 12.5. The first-order valence-electron chi connectivity index (χ1n) is 5.38. The van der Waals surface area contributed by atoms with E-state index in [-0.39, 0.29) is 0 Å². The van der Waals surface area contributed by atoms with E-state index in [0.29, 0.717) is 11.1 Å². The smallest absolute Gasteiger partial charge is 0.132 e. The van der Waals surface area contributed by atoms with E-state index in [2.05, 4.69) is 18.8 Å². The molecule has 2 nitrogen and oxygen atoms in total. The van der Waals surface area contributed by atoms with Crippen molar-refractivity contribution in [3.05, 3.63) is 23.0 Å². The van der Waals surface area contributed by atoms with Gasteiger partial charge in [0.15, 0.2) is 0 Å². The summed E-state index contributed by atoms with van der Waals surface area (Å²) in [6.45, 7) is 7.10. The molecule has 0 aliphatic carbocycles. The first-order chi connectivity index (χ1) is 7.13. The zero-order valence-corrected chi connectivity index (χ0v) is 10.3. The summed E-state index contributed by atoms with van der Waals surface area (Å²) in [5.41, 5.74) is 1.03. The molecule has 15 heavy (non-hydrogen) atoms. The van der Waals surface area contributed by atoms with E-state index in [1.54, 1.807) is 12.3 Å². The molecule has 0 radical (unpaired) electrons. The molecule has 0 aliphatic rings. The van der Waals surface area contributed by atoms with Crippen LogP contribution in [0.5, 0.6) is 5.75 Å². The molecule has 84 valence electrons. The number of halogens is 1. The molecule has 0 saturated heterocycles. The van der Waals surface area contributed by atoms with Gasteiger partial charge in [-0.1, -0.05) is 31.9 Å². The van der Waals surface area contributed by atoms with Crippen molar-refractivity contribution in [3.8, 4) is 5.75 Å². The van der Waals surface area contributed by atoms with Crippen molar-refractivity contribution in [1.82, 2.24) is 4.98 Å². The maximum atomic E-state index is 5.80. The van der Waals surface area contributed by atoms with Crippen molar-refractivity contribution in [1.29, 1.82) is 0 Å². The van der Waals surface area contributed by atoms with Crippen molar-refractivity contribution in [2.24, 2.45) is 5.92 Å². The Bertz CT molecular complexity index is 314. The van der Waals surface area contributed by atoms with Crippen LogP contribution in [0.25, 0.3) is 0 Å². The van der Waals surface area contributed by atoms with Gasteiger partial charge < -0.3 is 4.74 Å². The third-order valence-corrected chi connectivity index (χ3v) is 2.53. The summed E-state index contributed by atoms with van der Waals surface area (Å²) in [6.07, 6.45) is 4.13. The first-order valence-corrected chi connectivity index (χ1v) is 5.76. The van der Waals surface area contributed by atoms with E-state index in [4.69, 9.17) is 16.3 Å². The van der Waals surface area contributed by atoms with E-state index < -0.39 is 0 Å². The predicted octanol–water partition coefficient (Wildman–Crippen LogP) is 3.86. The van der Waals surface area contributed by atoms with Gasteiger partial charge in [0, 0.05) is 17.8 Å². The largest absolute Gasteiger partial charge is 0.493 e. The zero-order chi connectivity index (χ0) is 11.3. The van der Waals surface area contributed by atoms with E-state index >= 15 is 0 Å². The number of hydrogen-bond acceptors (Lipinski definition) is 2. The number of hydrogen-bond donors (Lipinski definition) is 0. The van der Waals surface area contributed by atoms with Gasteiger partial charge in [-0.05, 0) is 19.3 Å². The third kappa shape index (κ3) is 4.08. The highest BCUT2D eigenvalue weighted by Crippen LogP contribution is 2.21. The fourth-order valence-electron chi connectivity index (χ4n) is 1.45. The topological polar surface area (TPSA) is 22.1 Å². The van der Waals surface area contributed by atoms with E-state index in [0.717, 1.165) is 17.9 Å². The Morgan fingerprint density at radius 2 is 2.27 bits per heavy atom. The van der Waals surface area contributed by atoms with Crippen LogP contribution in [-0.4, -0.2) is 11.6 Å². The lowest BCUT2D eigenvalue weighted by molar-refractivity contribution is 0.250. The molecule has 0 N–H and O–H groups in total. The Balaban J connectivity index is 2.53. The van der Waals surface area contributed by atoms with Gasteiger partial charge in [-0.15, -0.1) is 0 Å². The molecule has 1 aromatic heterocycles. The van der Waals surface area contributed by atoms with E-state index in [1.807, 2.05) is 6.92 Å². The van der Waals surface area contributed by atoms with Crippen LogP contribution in [0.1, 0.15) is 32.3 Å². The summed E-state index contributed by atoms with van der Waals surface area (Å²) in [4.78, 5) is 3.99. The highest BCUT2D eigenvalue weighted by molar-refractivity contribution is 6.29. The fraction of sp³-hybridized carbons (Fsp3) is 0.583. The molecule has 0 spiro atoms. The second-order valence-electron chi connectivity index (χ2n) is 3.98. The second-order valence-corrected chi connectivity index (χ2v) is 4.36. The summed E-state index contributed by atoms with van der Waals surface area (Å²) in [5, 5.41) is 0.485. The molecule has 3 heteroatoms. The lowest BCUT2D eigenvalue weighted by atomic mass is 10.1. The van der Waals surface area contributed by atoms with Gasteiger partial charge in [-0.3, -0.25) is 0 Å². The molecule has 1 unspecified atom stereocenters. The Hall–Kier alpha value is -0.760. The SMILES string of the molecule is CCCC(C)COc1cc(Cl)ncc1C. The van der Waals surface area contributed by atoms with E-state index in [1.165, 1.54) is 12.8 Å². The summed E-state index contributed by atoms with van der Waals surface area (Å²) in [6, 6.07) is 1.77. The van der Waals surface area contributed by atoms with Crippen LogP contribution in [-0.2, 0) is 0 Å². The molecule has 0 aromatic carbocycles. The van der Waals surface area contributed by atoms with E-state index in [9.17, 15) is 0 Å². The Morgan fingerprint density at radius 1 is 1.53 bits per heavy atom. The van der Waals surface area contributed by atoms with Crippen LogP contribution in [0.3, 0.4) is 0 Å². The molecular weight excluding hydrogens is 210 g/mol. The molecule has 1 aromatic rings. The predicted molar refractivity (Wildman–Crippen MR) is 63.6 cm³/mol. The van der Waals surface area contributed by atoms with Gasteiger partial charge in [0.2, 0.25) is 0 Å². The van der Waals surface area contributed by atoms with Crippen molar-refractivity contribution in [2.75, 3.05) is 6.61 Å². The van der Waals surface area contributed by atoms with Crippen LogP contribution in [0.2, 0.25) is 5.15 Å². The van der Waals surface area contributed by atoms with Gasteiger partial charge in [-0.25, -0.2) is 4.98 Å². The number of aryl methyl sites for hydroxylation is 1. The summed E-state index contributed by atoms with van der Waals surface area (Å²) >= 11 is 5.80. The average molecular weight is 228 g/mol. The molecule has 0 fully saturated rings. The molecule has 0 saturated carbocycles. The van der Waals surface area contributed by atoms with Gasteiger partial charge in [-0.2, -0.15) is 0 Å². The third-order valence-electron chi connectivity index (χ3n) is 2.33. The van der Waals surface area contributed by atoms with Crippen LogP contribution in [0, 0.1) is 12.8 Å². The minimum absolute atomic E-state index is 0.485. The van der Waals surface area contributed by atoms with Crippen molar-refractivity contribution < 1.29 is 4.74 Å². The first kappa shape index (κ1) is 12.3. The summed E-state index contributed by atoms with van der Waals surface area (Å²) < 4.78 is 5.71. The maximum Gasteiger partial charge on any atom is 0.132 e. The molecule has 0 aliphatic heterocycles. The number of aromatic nitrogens is 1. The summed E-state index contributed by atoms with van der Waals surface area (Å²) in [5.74, 6) is 1.43. The number of nitrogens with zero attached hydrogens (tertiary/aromatic N) is 1. The molecule has 1 atom stereocenters. The average Bonchev–Trinajstić information content (AvgIpc) is 2.20. The van der Waals surface area contributed by atoms with Crippen LogP contribution in [0.15, 0.2) is 12.3 Å². The van der Waals surface area contributed by atoms with Gasteiger partial charge in [0.25, 0.3) is 0 Å². The number of rotatable bonds is 5. The lowest BCUT2D eigenvalue weighted by Gasteiger charge is -2.13. The van der Waals surface area contributed by atoms with Gasteiger partial charge >= 0.3 is 0 Å². The van der Waals surface area contributed by atoms with Gasteiger partial charge in [0.05, 0.1) is 6.61 Å². The Labute approximate surface area is 96.6 Å². The Kier molecular flexibility index (Phi) is 4.89. The summed E-state index contributed by atoms with van der Waals surface area (Å²) in [7, 11) is 0. The Morgan fingerprint density at radius 3 is 2.93 bits per heavy atom.